The van der Waals surface area contributed by atoms with Crippen LogP contribution >= 0.6 is 15.9 Å². The number of rotatable bonds is 5. The van der Waals surface area contributed by atoms with Gasteiger partial charge in [0.25, 0.3) is 0 Å². The second kappa shape index (κ2) is 6.70. The molecule has 5 heteroatoms. The molecule has 1 heterocycles. The molecule has 0 aliphatic heterocycles. The van der Waals surface area contributed by atoms with Crippen LogP contribution in [0.3, 0.4) is 0 Å². The molecule has 1 aromatic carbocycles. The summed E-state index contributed by atoms with van der Waals surface area (Å²) in [6.45, 7) is 8.23. The van der Waals surface area contributed by atoms with E-state index < -0.39 is 0 Å². The van der Waals surface area contributed by atoms with E-state index in [0.717, 1.165) is 35.0 Å². The van der Waals surface area contributed by atoms with Crippen molar-refractivity contribution in [3.8, 4) is 0 Å². The highest BCUT2D eigenvalue weighted by atomic mass is 79.9. The molecule has 20 heavy (non-hydrogen) atoms. The number of benzene rings is 1. The zero-order valence-electron chi connectivity index (χ0n) is 12.0. The van der Waals surface area contributed by atoms with Gasteiger partial charge in [0, 0.05) is 30.5 Å². The van der Waals surface area contributed by atoms with E-state index in [2.05, 4.69) is 74.2 Å². The Labute approximate surface area is 128 Å². The summed E-state index contributed by atoms with van der Waals surface area (Å²) in [5.41, 5.74) is 2.26. The Morgan fingerprint density at radius 2 is 1.75 bits per heavy atom. The second-order valence-electron chi connectivity index (χ2n) is 4.47. The number of hydrogen-bond donors (Lipinski definition) is 1. The Hall–Kier alpha value is -1.62. The zero-order valence-corrected chi connectivity index (χ0v) is 13.6. The molecule has 2 rings (SSSR count). The molecular formula is C15H19BrN4. The number of nitrogens with one attached hydrogen (secondary N) is 1. The van der Waals surface area contributed by atoms with Crippen LogP contribution in [0.15, 0.2) is 34.9 Å². The standard InChI is InChI=1S/C15H19BrN4/c1-4-20(5-2)13-8-6-12(7-9-13)19-15-10-14(16)17-11(3)18-15/h6-10H,4-5H2,1-3H3,(H,17,18,19). The van der Waals surface area contributed by atoms with Gasteiger partial charge in [-0.25, -0.2) is 9.97 Å². The maximum Gasteiger partial charge on any atom is 0.135 e. The molecule has 0 bridgehead atoms. The molecular weight excluding hydrogens is 316 g/mol. The first-order chi connectivity index (χ1) is 9.62. The number of aryl methyl sites for hydroxylation is 1. The van der Waals surface area contributed by atoms with Crippen molar-refractivity contribution in [2.45, 2.75) is 20.8 Å². The van der Waals surface area contributed by atoms with Gasteiger partial charge < -0.3 is 10.2 Å². The average Bonchev–Trinajstić information content (AvgIpc) is 2.41. The van der Waals surface area contributed by atoms with Gasteiger partial charge in [-0.1, -0.05) is 0 Å². The van der Waals surface area contributed by atoms with Crippen molar-refractivity contribution < 1.29 is 0 Å². The van der Waals surface area contributed by atoms with E-state index in [9.17, 15) is 0 Å². The third-order valence-corrected chi connectivity index (χ3v) is 3.48. The SMILES string of the molecule is CCN(CC)c1ccc(Nc2cc(Br)nc(C)n2)cc1. The Kier molecular flexibility index (Phi) is 4.95. The summed E-state index contributed by atoms with van der Waals surface area (Å²) in [5, 5.41) is 3.29. The van der Waals surface area contributed by atoms with Crippen molar-refractivity contribution in [1.29, 1.82) is 0 Å². The largest absolute Gasteiger partial charge is 0.372 e. The Morgan fingerprint density at radius 3 is 2.30 bits per heavy atom. The first-order valence-electron chi connectivity index (χ1n) is 6.75. The normalized spacial score (nSPS) is 10.4. The van der Waals surface area contributed by atoms with Crippen LogP contribution in [0.4, 0.5) is 17.2 Å². The van der Waals surface area contributed by atoms with Crippen LogP contribution in [0, 0.1) is 6.92 Å². The van der Waals surface area contributed by atoms with E-state index in [-0.39, 0.29) is 0 Å². The minimum absolute atomic E-state index is 0.738. The van der Waals surface area contributed by atoms with Gasteiger partial charge in [-0.15, -0.1) is 0 Å². The van der Waals surface area contributed by atoms with E-state index in [4.69, 9.17) is 0 Å². The van der Waals surface area contributed by atoms with Crippen LogP contribution < -0.4 is 10.2 Å². The highest BCUT2D eigenvalue weighted by Crippen LogP contribution is 2.21. The van der Waals surface area contributed by atoms with Crippen LogP contribution in [0.2, 0.25) is 0 Å². The lowest BCUT2D eigenvalue weighted by Crippen LogP contribution is -2.21. The molecule has 0 aliphatic rings. The number of nitrogens with zero attached hydrogens (tertiary/aromatic N) is 3. The number of halogens is 1. The Balaban J connectivity index is 2.14. The lowest BCUT2D eigenvalue weighted by Gasteiger charge is -2.21. The molecule has 0 atom stereocenters. The highest BCUT2D eigenvalue weighted by molar-refractivity contribution is 9.10. The molecule has 1 aromatic heterocycles. The first-order valence-corrected chi connectivity index (χ1v) is 7.55. The van der Waals surface area contributed by atoms with Crippen molar-refractivity contribution in [1.82, 2.24) is 9.97 Å². The van der Waals surface area contributed by atoms with Crippen LogP contribution in [0.1, 0.15) is 19.7 Å². The predicted molar refractivity (Wildman–Crippen MR) is 87.8 cm³/mol. The van der Waals surface area contributed by atoms with Gasteiger partial charge in [-0.2, -0.15) is 0 Å². The molecule has 0 unspecified atom stereocenters. The van der Waals surface area contributed by atoms with Crippen LogP contribution in [-0.2, 0) is 0 Å². The summed E-state index contributed by atoms with van der Waals surface area (Å²) in [6, 6.07) is 10.3. The summed E-state index contributed by atoms with van der Waals surface area (Å²) in [5.74, 6) is 1.53. The third-order valence-electron chi connectivity index (χ3n) is 3.07. The van der Waals surface area contributed by atoms with Crippen LogP contribution in [0.5, 0.6) is 0 Å². The summed E-state index contributed by atoms with van der Waals surface area (Å²) in [6.07, 6.45) is 0. The number of anilines is 3. The molecule has 0 aliphatic carbocycles. The van der Waals surface area contributed by atoms with Crippen molar-refractivity contribution in [2.24, 2.45) is 0 Å². The zero-order chi connectivity index (χ0) is 14.5. The topological polar surface area (TPSA) is 41.0 Å². The number of aromatic nitrogens is 2. The van der Waals surface area contributed by atoms with Crippen LogP contribution in [0.25, 0.3) is 0 Å². The third kappa shape index (κ3) is 3.70. The monoisotopic (exact) mass is 334 g/mol. The van der Waals surface area contributed by atoms with Gasteiger partial charge >= 0.3 is 0 Å². The van der Waals surface area contributed by atoms with Crippen molar-refractivity contribution in [2.75, 3.05) is 23.3 Å². The summed E-state index contributed by atoms with van der Waals surface area (Å²) >= 11 is 3.38. The van der Waals surface area contributed by atoms with E-state index in [1.165, 1.54) is 5.69 Å². The fourth-order valence-corrected chi connectivity index (χ4v) is 2.56. The van der Waals surface area contributed by atoms with Gasteiger partial charge in [0.1, 0.15) is 16.2 Å². The van der Waals surface area contributed by atoms with Crippen LogP contribution in [-0.4, -0.2) is 23.1 Å². The van der Waals surface area contributed by atoms with Gasteiger partial charge in [0.15, 0.2) is 0 Å². The molecule has 4 nitrogen and oxygen atoms in total. The van der Waals surface area contributed by atoms with Crippen molar-refractivity contribution in [3.63, 3.8) is 0 Å². The fourth-order valence-electron chi connectivity index (χ4n) is 2.09. The van der Waals surface area contributed by atoms with E-state index in [1.54, 1.807) is 0 Å². The number of hydrogen-bond acceptors (Lipinski definition) is 4. The molecule has 1 N–H and O–H groups in total. The summed E-state index contributed by atoms with van der Waals surface area (Å²) in [7, 11) is 0. The molecule has 0 radical (unpaired) electrons. The molecule has 0 fully saturated rings. The molecule has 0 amide bonds. The lowest BCUT2D eigenvalue weighted by molar-refractivity contribution is 0.866. The Bertz CT molecular complexity index is 544. The summed E-state index contributed by atoms with van der Waals surface area (Å²) in [4.78, 5) is 10.9. The molecule has 106 valence electrons. The van der Waals surface area contributed by atoms with E-state index >= 15 is 0 Å². The maximum atomic E-state index is 4.36. The Morgan fingerprint density at radius 1 is 1.10 bits per heavy atom. The van der Waals surface area contributed by atoms with Crippen molar-refractivity contribution in [3.05, 3.63) is 40.8 Å². The quantitative estimate of drug-likeness (QED) is 0.834. The first kappa shape index (κ1) is 14.8. The van der Waals surface area contributed by atoms with Gasteiger partial charge in [0.05, 0.1) is 0 Å². The minimum Gasteiger partial charge on any atom is -0.372 e. The summed E-state index contributed by atoms with van der Waals surface area (Å²) < 4.78 is 0.785. The van der Waals surface area contributed by atoms with E-state index in [1.807, 2.05) is 13.0 Å². The average molecular weight is 335 g/mol. The fraction of sp³-hybridized carbons (Fsp3) is 0.333. The molecule has 2 aromatic rings. The second-order valence-corrected chi connectivity index (χ2v) is 5.28. The van der Waals surface area contributed by atoms with Gasteiger partial charge in [-0.05, 0) is 61.0 Å². The van der Waals surface area contributed by atoms with Gasteiger partial charge in [0.2, 0.25) is 0 Å². The highest BCUT2D eigenvalue weighted by Gasteiger charge is 2.03. The maximum absolute atomic E-state index is 4.36. The van der Waals surface area contributed by atoms with Gasteiger partial charge in [-0.3, -0.25) is 0 Å². The minimum atomic E-state index is 0.738. The molecule has 0 saturated heterocycles. The lowest BCUT2D eigenvalue weighted by atomic mass is 10.2. The predicted octanol–water partition coefficient (Wildman–Crippen LogP) is 4.14. The molecule has 0 spiro atoms. The van der Waals surface area contributed by atoms with E-state index in [0.29, 0.717) is 0 Å². The smallest absolute Gasteiger partial charge is 0.135 e. The van der Waals surface area contributed by atoms with Crippen molar-refractivity contribution >= 4 is 33.1 Å². The molecule has 0 saturated carbocycles.